The molecule has 6 aliphatic heterocycles. The predicted octanol–water partition coefficient (Wildman–Crippen LogP) is -1.77. The third-order valence-electron chi connectivity index (χ3n) is 7.17. The van der Waals surface area contributed by atoms with E-state index in [4.69, 9.17) is 0 Å². The Morgan fingerprint density at radius 2 is 0.500 bits per heavy atom. The van der Waals surface area contributed by atoms with Crippen LogP contribution < -0.4 is 31.9 Å². The van der Waals surface area contributed by atoms with Gasteiger partial charge in [-0.15, -0.1) is 0 Å². The van der Waals surface area contributed by atoms with E-state index >= 15 is 0 Å². The van der Waals surface area contributed by atoms with Crippen molar-refractivity contribution in [3.05, 3.63) is 69.1 Å². The lowest BCUT2D eigenvalue weighted by atomic mass is 10.2. The maximum Gasteiger partial charge on any atom is 0.178 e. The number of amidine groups is 6. The van der Waals surface area contributed by atoms with Crippen molar-refractivity contribution in [2.75, 3.05) is 0 Å². The molecule has 0 amide bonds. The summed E-state index contributed by atoms with van der Waals surface area (Å²) in [5.74, 6) is -2.48. The molecule has 24 nitrogen and oxygen atoms in total. The van der Waals surface area contributed by atoms with E-state index in [1.807, 2.05) is 18.2 Å². The first-order valence-electron chi connectivity index (χ1n) is 14.3. The minimum atomic E-state index is -0.477. The van der Waals surface area contributed by atoms with Crippen LogP contribution in [0.1, 0.15) is 17.5 Å². The second kappa shape index (κ2) is 12.6. The third kappa shape index (κ3) is 5.15. The van der Waals surface area contributed by atoms with Crippen LogP contribution in [-0.2, 0) is 0 Å². The lowest BCUT2D eigenvalue weighted by Gasteiger charge is -2.15. The van der Waals surface area contributed by atoms with Crippen molar-refractivity contribution in [2.45, 2.75) is 0 Å². The summed E-state index contributed by atoms with van der Waals surface area (Å²) in [6, 6.07) is 16.5. The van der Waals surface area contributed by atoms with Crippen molar-refractivity contribution < 1.29 is 0 Å². The Hall–Kier alpha value is -10.3. The molecule has 7 heterocycles. The maximum atomic E-state index is 10.3. The molecule has 0 aliphatic carbocycles. The van der Waals surface area contributed by atoms with E-state index in [0.717, 1.165) is 0 Å². The molecule has 246 valence electrons. The summed E-state index contributed by atoms with van der Waals surface area (Å²) < 4.78 is 0. The highest BCUT2D eigenvalue weighted by molar-refractivity contribution is 6.45. The molecular weight excluding hydrogens is 696 g/mol. The number of fused-ring (bicyclic) bond motifs is 3. The molecule has 7 rings (SSSR count). The molecule has 0 unspecified atom stereocenters. The quantitative estimate of drug-likeness (QED) is 0.190. The largest absolute Gasteiger partial charge is 0.326 e. The maximum absolute atomic E-state index is 10.3. The fourth-order valence-corrected chi connectivity index (χ4v) is 4.79. The molecule has 6 N–H and O–H groups in total. The van der Waals surface area contributed by atoms with Crippen LogP contribution in [0.5, 0.6) is 0 Å². The Balaban J connectivity index is 1.42. The summed E-state index contributed by atoms with van der Waals surface area (Å²) in [4.78, 5) is 38.3. The van der Waals surface area contributed by atoms with E-state index in [0.29, 0.717) is 0 Å². The number of aromatic nitrogens is 3. The first-order valence-corrected chi connectivity index (χ1v) is 14.3. The van der Waals surface area contributed by atoms with Gasteiger partial charge in [0.1, 0.15) is 71.3 Å². The zero-order valence-electron chi connectivity index (χ0n) is 26.0. The van der Waals surface area contributed by atoms with E-state index in [1.165, 1.54) is 0 Å². The first-order chi connectivity index (χ1) is 26.3. The van der Waals surface area contributed by atoms with Crippen molar-refractivity contribution in [1.29, 1.82) is 47.4 Å². The Bertz CT molecular complexity index is 2440. The fourth-order valence-electron chi connectivity index (χ4n) is 4.79. The van der Waals surface area contributed by atoms with Crippen LogP contribution in [-0.4, -0.2) is 50.0 Å². The van der Waals surface area contributed by atoms with Gasteiger partial charge in [0, 0.05) is 0 Å². The average molecular weight is 703 g/mol. The number of nitrogens with zero attached hydrogens (tertiary/aromatic N) is 18. The highest BCUT2D eigenvalue weighted by atomic mass is 15.3. The summed E-state index contributed by atoms with van der Waals surface area (Å²) in [6.45, 7) is 0. The van der Waals surface area contributed by atoms with Crippen LogP contribution in [0.15, 0.2) is 81.6 Å². The van der Waals surface area contributed by atoms with Gasteiger partial charge in [-0.3, -0.25) is 0 Å². The van der Waals surface area contributed by atoms with Crippen LogP contribution in [0.25, 0.3) is 16.7 Å². The summed E-state index contributed by atoms with van der Waals surface area (Å²) >= 11 is 0. The number of aliphatic imine (C=N–C) groups is 6. The van der Waals surface area contributed by atoms with Crippen LogP contribution in [0.3, 0.4) is 0 Å². The molecule has 0 saturated heterocycles. The molecule has 0 bridgehead atoms. The average Bonchev–Trinajstić information content (AvgIpc) is 3.92. The van der Waals surface area contributed by atoms with E-state index in [-0.39, 0.29) is 86.7 Å². The lowest BCUT2D eigenvalue weighted by molar-refractivity contribution is 0.961. The van der Waals surface area contributed by atoms with Gasteiger partial charge in [0.05, 0.1) is 0 Å². The van der Waals surface area contributed by atoms with Crippen LogP contribution in [0.4, 0.5) is 0 Å². The molecule has 0 aromatic carbocycles. The number of rotatable bonds is 3. The molecule has 24 heteroatoms. The Kier molecular flexibility index (Phi) is 7.53. The molecule has 0 fully saturated rings. The van der Waals surface area contributed by atoms with Gasteiger partial charge in [-0.25, -0.2) is 44.9 Å². The Morgan fingerprint density at radius 3 is 0.648 bits per heavy atom. The zero-order valence-corrected chi connectivity index (χ0v) is 26.0. The van der Waals surface area contributed by atoms with Gasteiger partial charge in [-0.1, -0.05) is 0 Å². The van der Waals surface area contributed by atoms with Crippen molar-refractivity contribution in [2.24, 2.45) is 30.0 Å². The monoisotopic (exact) mass is 702 g/mol. The standard InChI is InChI=1S/C30H6N24/c31-1-10(22-49-25-26(50-22)41-14(5-35)13(4-34)40-25)19-46-20(11(2-32)23-51-27-28(52-23)43-16(7-37)15(6-36)42-27)48-21(47-19)12(3-33)24-53-29-30(54-24)45-18(9-39)17(8-38)44-29/h(H,40,49)(H,41,50)(H,42,51)(H,43,52)(H,44,53)(H,45,54). The molecule has 0 atom stereocenters. The Labute approximate surface area is 299 Å². The minimum Gasteiger partial charge on any atom is -0.326 e. The van der Waals surface area contributed by atoms with Crippen molar-refractivity contribution in [3.63, 3.8) is 0 Å². The zero-order chi connectivity index (χ0) is 38.1. The second-order valence-corrected chi connectivity index (χ2v) is 10.2. The Morgan fingerprint density at radius 1 is 0.315 bits per heavy atom. The van der Waals surface area contributed by atoms with E-state index < -0.39 is 34.2 Å². The molecule has 0 spiro atoms. The third-order valence-corrected chi connectivity index (χ3v) is 7.17. The van der Waals surface area contributed by atoms with Gasteiger partial charge < -0.3 is 31.9 Å². The van der Waals surface area contributed by atoms with Gasteiger partial charge in [0.2, 0.25) is 0 Å². The van der Waals surface area contributed by atoms with Gasteiger partial charge in [-0.2, -0.15) is 47.4 Å². The fraction of sp³-hybridized carbons (Fsp3) is 0. The summed E-state index contributed by atoms with van der Waals surface area (Å²) in [5.41, 5.74) is -2.27. The van der Waals surface area contributed by atoms with E-state index in [1.54, 1.807) is 36.4 Å². The van der Waals surface area contributed by atoms with Crippen molar-refractivity contribution in [1.82, 2.24) is 46.9 Å². The van der Waals surface area contributed by atoms with E-state index in [2.05, 4.69) is 76.8 Å². The number of nitrogens with one attached hydrogen (secondary N) is 6. The number of hydrogen-bond acceptors (Lipinski definition) is 24. The van der Waals surface area contributed by atoms with Crippen LogP contribution in [0.2, 0.25) is 0 Å². The summed E-state index contributed by atoms with van der Waals surface area (Å²) in [7, 11) is 0. The van der Waals surface area contributed by atoms with Gasteiger partial charge in [-0.05, 0) is 0 Å². The lowest BCUT2D eigenvalue weighted by Crippen LogP contribution is -2.43. The smallest absolute Gasteiger partial charge is 0.178 e. The van der Waals surface area contributed by atoms with Crippen molar-refractivity contribution in [3.8, 4) is 54.6 Å². The number of allylic oxidation sites excluding steroid dienone is 9. The van der Waals surface area contributed by atoms with E-state index in [9.17, 15) is 47.4 Å². The highest BCUT2D eigenvalue weighted by Gasteiger charge is 2.33. The van der Waals surface area contributed by atoms with Crippen LogP contribution >= 0.6 is 0 Å². The molecule has 0 radical (unpaired) electrons. The van der Waals surface area contributed by atoms with Gasteiger partial charge >= 0.3 is 0 Å². The number of hydrogen-bond donors (Lipinski definition) is 6. The molecule has 1 aromatic rings. The topological polar surface area (TPSA) is 399 Å². The molecule has 1 aromatic heterocycles. The summed E-state index contributed by atoms with van der Waals surface area (Å²) in [5, 5.41) is 103. The second-order valence-electron chi connectivity index (χ2n) is 10.2. The molecular formula is C30H6N24. The molecule has 6 aliphatic rings. The number of nitriles is 9. The predicted molar refractivity (Wildman–Crippen MR) is 176 cm³/mol. The SMILES string of the molecule is N#CC1=C(C#N)NC2=NC(=C(C#N)c3nc(C(C#N)=C4N=C5NC(C#N)=C(C#N)NC5=N4)nc(C(C#N)=C4N=C5NC(C#N)=C(C#N)NC5=N4)n3)N=C2N1. The first kappa shape index (κ1) is 32.2. The van der Waals surface area contributed by atoms with Crippen molar-refractivity contribution >= 4 is 51.7 Å². The summed E-state index contributed by atoms with van der Waals surface area (Å²) in [6.07, 6.45) is 0. The van der Waals surface area contributed by atoms with Gasteiger partial charge in [0.25, 0.3) is 0 Å². The minimum absolute atomic E-state index is 0.0212. The van der Waals surface area contributed by atoms with Gasteiger partial charge in [0.15, 0.2) is 104 Å². The highest BCUT2D eigenvalue weighted by Crippen LogP contribution is 2.29. The molecule has 0 saturated carbocycles. The normalized spacial score (nSPS) is 16.8. The van der Waals surface area contributed by atoms with Crippen LogP contribution in [0, 0.1) is 102 Å². The molecule has 54 heavy (non-hydrogen) atoms.